The van der Waals surface area contributed by atoms with Gasteiger partial charge < -0.3 is 9.80 Å². The summed E-state index contributed by atoms with van der Waals surface area (Å²) in [4.78, 5) is 16.5. The Hall–Kier alpha value is -1.35. The summed E-state index contributed by atoms with van der Waals surface area (Å²) in [7, 11) is 1.90. The average molecular weight is 288 g/mol. The molecule has 2 rings (SSSR count). The number of carbonyl (C=O) groups is 1. The Labute approximate surface area is 128 Å². The van der Waals surface area contributed by atoms with Crippen LogP contribution in [0.1, 0.15) is 37.3 Å². The minimum Gasteiger partial charge on any atom is -0.341 e. The highest BCUT2D eigenvalue weighted by molar-refractivity contribution is 5.76. The fourth-order valence-corrected chi connectivity index (χ4v) is 2.99. The van der Waals surface area contributed by atoms with Gasteiger partial charge in [0.1, 0.15) is 0 Å². The molecule has 1 aromatic rings. The van der Waals surface area contributed by atoms with Gasteiger partial charge >= 0.3 is 0 Å². The van der Waals surface area contributed by atoms with Gasteiger partial charge in [-0.2, -0.15) is 0 Å². The minimum absolute atomic E-state index is 0.244. The Morgan fingerprint density at radius 1 is 1.33 bits per heavy atom. The minimum atomic E-state index is 0.244. The molecule has 0 bridgehead atoms. The first-order valence-corrected chi connectivity index (χ1v) is 8.06. The molecule has 1 unspecified atom stereocenters. The highest BCUT2D eigenvalue weighted by Crippen LogP contribution is 2.15. The van der Waals surface area contributed by atoms with E-state index in [1.165, 1.54) is 24.0 Å². The highest BCUT2D eigenvalue weighted by Gasteiger charge is 2.17. The number of piperidine rings is 1. The molecule has 116 valence electrons. The maximum absolute atomic E-state index is 12.2. The molecule has 0 spiro atoms. The lowest BCUT2D eigenvalue weighted by molar-refractivity contribution is -0.130. The number of hydrogen-bond acceptors (Lipinski definition) is 2. The van der Waals surface area contributed by atoms with E-state index in [1.54, 1.807) is 0 Å². The molecular formula is C18H28N2O. The summed E-state index contributed by atoms with van der Waals surface area (Å²) in [6, 6.07) is 8.41. The van der Waals surface area contributed by atoms with Gasteiger partial charge in [0, 0.05) is 33.1 Å². The molecule has 21 heavy (non-hydrogen) atoms. The van der Waals surface area contributed by atoms with E-state index in [4.69, 9.17) is 0 Å². The number of aryl methyl sites for hydroxylation is 1. The van der Waals surface area contributed by atoms with Gasteiger partial charge in [0.2, 0.25) is 5.91 Å². The van der Waals surface area contributed by atoms with Crippen molar-refractivity contribution in [3.05, 3.63) is 35.4 Å². The monoisotopic (exact) mass is 288 g/mol. The molecule has 0 aromatic heterocycles. The third-order valence-corrected chi connectivity index (χ3v) is 4.35. The lowest BCUT2D eigenvalue weighted by Gasteiger charge is -2.31. The standard InChI is InChI=1S/C18H28N2O/c1-15-6-8-17(9-7-15)14-19(3)18(21)10-12-20-11-4-5-16(2)13-20/h6-9,16H,4-5,10-14H2,1-3H3. The van der Waals surface area contributed by atoms with Crippen LogP contribution < -0.4 is 0 Å². The maximum atomic E-state index is 12.2. The van der Waals surface area contributed by atoms with Crippen molar-refractivity contribution >= 4 is 5.91 Å². The van der Waals surface area contributed by atoms with Crippen molar-refractivity contribution in [1.29, 1.82) is 0 Å². The van der Waals surface area contributed by atoms with Gasteiger partial charge in [-0.15, -0.1) is 0 Å². The molecule has 1 aromatic carbocycles. The zero-order valence-electron chi connectivity index (χ0n) is 13.6. The number of amides is 1. The van der Waals surface area contributed by atoms with Gasteiger partial charge in [-0.1, -0.05) is 36.8 Å². The number of nitrogens with zero attached hydrogens (tertiary/aromatic N) is 2. The number of rotatable bonds is 5. The quantitative estimate of drug-likeness (QED) is 0.831. The largest absolute Gasteiger partial charge is 0.341 e. The van der Waals surface area contributed by atoms with Crippen molar-refractivity contribution in [2.75, 3.05) is 26.7 Å². The van der Waals surface area contributed by atoms with E-state index >= 15 is 0 Å². The SMILES string of the molecule is Cc1ccc(CN(C)C(=O)CCN2CCCC(C)C2)cc1. The first-order chi connectivity index (χ1) is 10.0. The van der Waals surface area contributed by atoms with Gasteiger partial charge in [-0.3, -0.25) is 4.79 Å². The summed E-state index contributed by atoms with van der Waals surface area (Å²) >= 11 is 0. The maximum Gasteiger partial charge on any atom is 0.223 e. The fourth-order valence-electron chi connectivity index (χ4n) is 2.99. The molecule has 0 saturated carbocycles. The Morgan fingerprint density at radius 3 is 2.71 bits per heavy atom. The normalized spacial score (nSPS) is 19.5. The lowest BCUT2D eigenvalue weighted by atomic mass is 10.0. The molecule has 1 aliphatic rings. The highest BCUT2D eigenvalue weighted by atomic mass is 16.2. The summed E-state index contributed by atoms with van der Waals surface area (Å²) in [6.45, 7) is 8.29. The molecule has 0 radical (unpaired) electrons. The van der Waals surface area contributed by atoms with Crippen LogP contribution in [0.3, 0.4) is 0 Å². The van der Waals surface area contributed by atoms with E-state index in [9.17, 15) is 4.79 Å². The molecule has 3 heteroatoms. The summed E-state index contributed by atoms with van der Waals surface area (Å²) in [6.07, 6.45) is 3.24. The van der Waals surface area contributed by atoms with Crippen LogP contribution in [0.5, 0.6) is 0 Å². The van der Waals surface area contributed by atoms with Crippen LogP contribution >= 0.6 is 0 Å². The predicted octanol–water partition coefficient (Wildman–Crippen LogP) is 3.08. The molecule has 0 N–H and O–H groups in total. The molecule has 0 aliphatic carbocycles. The van der Waals surface area contributed by atoms with Crippen molar-refractivity contribution in [3.63, 3.8) is 0 Å². The van der Waals surface area contributed by atoms with Gasteiger partial charge in [0.15, 0.2) is 0 Å². The Balaban J connectivity index is 1.75. The van der Waals surface area contributed by atoms with Crippen molar-refractivity contribution in [3.8, 4) is 0 Å². The third kappa shape index (κ3) is 5.16. The predicted molar refractivity (Wildman–Crippen MR) is 87.1 cm³/mol. The first-order valence-electron chi connectivity index (χ1n) is 8.06. The summed E-state index contributed by atoms with van der Waals surface area (Å²) in [5, 5.41) is 0. The summed E-state index contributed by atoms with van der Waals surface area (Å²) in [5.74, 6) is 1.02. The van der Waals surface area contributed by atoms with Crippen LogP contribution in [0.2, 0.25) is 0 Å². The first kappa shape index (κ1) is 16.0. The van der Waals surface area contributed by atoms with Gasteiger partial charge in [-0.25, -0.2) is 0 Å². The Kier molecular flexibility index (Phi) is 5.80. The number of hydrogen-bond donors (Lipinski definition) is 0. The zero-order valence-corrected chi connectivity index (χ0v) is 13.6. The summed E-state index contributed by atoms with van der Waals surface area (Å²) in [5.41, 5.74) is 2.45. The van der Waals surface area contributed by atoms with Crippen LogP contribution in [-0.2, 0) is 11.3 Å². The molecule has 3 nitrogen and oxygen atoms in total. The van der Waals surface area contributed by atoms with E-state index < -0.39 is 0 Å². The molecule has 1 fully saturated rings. The van der Waals surface area contributed by atoms with Crippen molar-refractivity contribution < 1.29 is 4.79 Å². The number of carbonyl (C=O) groups excluding carboxylic acids is 1. The van der Waals surface area contributed by atoms with E-state index in [0.717, 1.165) is 25.6 Å². The lowest BCUT2D eigenvalue weighted by Crippen LogP contribution is -2.37. The van der Waals surface area contributed by atoms with E-state index in [1.807, 2.05) is 11.9 Å². The van der Waals surface area contributed by atoms with Gasteiger partial charge in [-0.05, 0) is 37.8 Å². The van der Waals surface area contributed by atoms with Crippen LogP contribution in [0.15, 0.2) is 24.3 Å². The molecule has 1 atom stereocenters. The summed E-state index contributed by atoms with van der Waals surface area (Å²) < 4.78 is 0. The molecule has 1 aliphatic heterocycles. The Morgan fingerprint density at radius 2 is 2.05 bits per heavy atom. The molecular weight excluding hydrogens is 260 g/mol. The number of likely N-dealkylation sites (tertiary alicyclic amines) is 1. The van der Waals surface area contributed by atoms with Crippen molar-refractivity contribution in [2.45, 2.75) is 39.7 Å². The topological polar surface area (TPSA) is 23.6 Å². The van der Waals surface area contributed by atoms with Gasteiger partial charge in [0.05, 0.1) is 0 Å². The molecule has 1 saturated heterocycles. The number of benzene rings is 1. The van der Waals surface area contributed by atoms with E-state index in [-0.39, 0.29) is 5.91 Å². The second-order valence-electron chi connectivity index (χ2n) is 6.53. The van der Waals surface area contributed by atoms with Crippen LogP contribution in [0.25, 0.3) is 0 Å². The molecule has 1 heterocycles. The second kappa shape index (κ2) is 7.60. The van der Waals surface area contributed by atoms with Crippen molar-refractivity contribution in [1.82, 2.24) is 9.80 Å². The van der Waals surface area contributed by atoms with Crippen LogP contribution in [-0.4, -0.2) is 42.4 Å². The van der Waals surface area contributed by atoms with E-state index in [2.05, 4.69) is 43.0 Å². The fraction of sp³-hybridized carbons (Fsp3) is 0.611. The third-order valence-electron chi connectivity index (χ3n) is 4.35. The van der Waals surface area contributed by atoms with Crippen LogP contribution in [0, 0.1) is 12.8 Å². The molecule has 1 amide bonds. The van der Waals surface area contributed by atoms with Crippen LogP contribution in [0.4, 0.5) is 0 Å². The average Bonchev–Trinajstić information content (AvgIpc) is 2.47. The Bertz CT molecular complexity index is 455. The second-order valence-corrected chi connectivity index (χ2v) is 6.53. The van der Waals surface area contributed by atoms with E-state index in [0.29, 0.717) is 13.0 Å². The van der Waals surface area contributed by atoms with Crippen molar-refractivity contribution in [2.24, 2.45) is 5.92 Å². The zero-order chi connectivity index (χ0) is 15.2. The smallest absolute Gasteiger partial charge is 0.223 e. The van der Waals surface area contributed by atoms with Gasteiger partial charge in [0.25, 0.3) is 0 Å².